The van der Waals surface area contributed by atoms with E-state index in [4.69, 9.17) is 0 Å². The summed E-state index contributed by atoms with van der Waals surface area (Å²) in [5.74, 6) is -0.633. The minimum absolute atomic E-state index is 0.0779. The lowest BCUT2D eigenvalue weighted by molar-refractivity contribution is -0.126. The van der Waals surface area contributed by atoms with Gasteiger partial charge >= 0.3 is 6.03 Å². The number of hydrogen-bond acceptors (Lipinski definition) is 5. The molecule has 0 bridgehead atoms. The van der Waals surface area contributed by atoms with Crippen LogP contribution in [-0.4, -0.2) is 61.3 Å². The lowest BCUT2D eigenvalue weighted by atomic mass is 9.94. The molecule has 1 N–H and O–H groups in total. The maximum absolute atomic E-state index is 12.8. The van der Waals surface area contributed by atoms with Gasteiger partial charge in [-0.25, -0.2) is 17.5 Å². The molecule has 8 nitrogen and oxygen atoms in total. The molecule has 3 amide bonds. The normalized spacial score (nSPS) is 19.7. The van der Waals surface area contributed by atoms with Crippen LogP contribution in [0.15, 0.2) is 23.1 Å². The molecule has 0 spiro atoms. The summed E-state index contributed by atoms with van der Waals surface area (Å²) in [6.45, 7) is -0.150. The topological polar surface area (TPSA) is 98.2 Å². The third-order valence-electron chi connectivity index (χ3n) is 4.96. The summed E-state index contributed by atoms with van der Waals surface area (Å²) in [5, 5.41) is 10.3. The summed E-state index contributed by atoms with van der Waals surface area (Å²) >= 11 is 0. The number of phenolic OH excluding ortho intramolecular Hbond substituents is 1. The molecule has 1 aromatic rings. The fourth-order valence-corrected chi connectivity index (χ4v) is 4.43. The number of urea groups is 1. The number of phenols is 1. The summed E-state index contributed by atoms with van der Waals surface area (Å²) in [7, 11) is -0.912. The molecular weight excluding hydrogens is 358 g/mol. The molecule has 142 valence electrons. The zero-order chi connectivity index (χ0) is 19.1. The van der Waals surface area contributed by atoms with Gasteiger partial charge in [-0.1, -0.05) is 19.3 Å². The van der Waals surface area contributed by atoms with Crippen LogP contribution in [0.3, 0.4) is 0 Å². The largest absolute Gasteiger partial charge is 0.506 e. The molecule has 1 saturated carbocycles. The Kier molecular flexibility index (Phi) is 4.94. The zero-order valence-corrected chi connectivity index (χ0v) is 15.7. The predicted octanol–water partition coefficient (Wildman–Crippen LogP) is 1.74. The van der Waals surface area contributed by atoms with E-state index in [1.807, 2.05) is 0 Å². The van der Waals surface area contributed by atoms with E-state index in [9.17, 15) is 23.1 Å². The minimum Gasteiger partial charge on any atom is -0.506 e. The molecule has 26 heavy (non-hydrogen) atoms. The van der Waals surface area contributed by atoms with Gasteiger partial charge in [0.2, 0.25) is 10.0 Å². The van der Waals surface area contributed by atoms with Gasteiger partial charge in [-0.2, -0.15) is 0 Å². The van der Waals surface area contributed by atoms with E-state index in [1.54, 1.807) is 0 Å². The average Bonchev–Trinajstić information content (AvgIpc) is 2.89. The molecule has 0 atom stereocenters. The summed E-state index contributed by atoms with van der Waals surface area (Å²) in [6, 6.07) is 3.24. The smallest absolute Gasteiger partial charge is 0.332 e. The van der Waals surface area contributed by atoms with Gasteiger partial charge in [0.25, 0.3) is 5.91 Å². The average molecular weight is 381 g/mol. The first-order valence-corrected chi connectivity index (χ1v) is 10.1. The molecule has 2 fully saturated rings. The van der Waals surface area contributed by atoms with Crippen LogP contribution in [0.1, 0.15) is 32.1 Å². The van der Waals surface area contributed by atoms with E-state index in [-0.39, 0.29) is 34.8 Å². The molecule has 9 heteroatoms. The number of nitrogens with zero attached hydrogens (tertiary/aromatic N) is 3. The Balaban J connectivity index is 1.88. The van der Waals surface area contributed by atoms with Crippen LogP contribution >= 0.6 is 0 Å². The Bertz CT molecular complexity index is 831. The third kappa shape index (κ3) is 3.16. The number of hydrogen-bond donors (Lipinski definition) is 1. The van der Waals surface area contributed by atoms with Crippen LogP contribution in [0.4, 0.5) is 10.5 Å². The monoisotopic (exact) mass is 381 g/mol. The van der Waals surface area contributed by atoms with E-state index in [0.29, 0.717) is 0 Å². The maximum atomic E-state index is 12.8. The molecule has 1 heterocycles. The number of carbonyl (C=O) groups excluding carboxylic acids is 2. The molecule has 0 unspecified atom stereocenters. The second kappa shape index (κ2) is 6.88. The fourth-order valence-electron chi connectivity index (χ4n) is 3.51. The van der Waals surface area contributed by atoms with Crippen LogP contribution in [0.5, 0.6) is 5.75 Å². The van der Waals surface area contributed by atoms with E-state index < -0.39 is 16.1 Å². The fraction of sp³-hybridized carbons (Fsp3) is 0.529. The van der Waals surface area contributed by atoms with Crippen LogP contribution in [0, 0.1) is 0 Å². The van der Waals surface area contributed by atoms with Crippen molar-refractivity contribution in [1.82, 2.24) is 9.21 Å². The van der Waals surface area contributed by atoms with Crippen molar-refractivity contribution in [2.45, 2.75) is 43.0 Å². The Labute approximate surface area is 153 Å². The highest BCUT2D eigenvalue weighted by Crippen LogP contribution is 2.35. The Hall–Kier alpha value is -2.13. The highest BCUT2D eigenvalue weighted by atomic mass is 32.2. The number of benzene rings is 1. The zero-order valence-electron chi connectivity index (χ0n) is 14.9. The number of aromatic hydroxyl groups is 1. The molecular formula is C17H23N3O5S. The van der Waals surface area contributed by atoms with Crippen LogP contribution < -0.4 is 4.90 Å². The van der Waals surface area contributed by atoms with Crippen LogP contribution in [0.2, 0.25) is 0 Å². The summed E-state index contributed by atoms with van der Waals surface area (Å²) in [5.41, 5.74) is 0.138. The molecule has 1 aliphatic heterocycles. The minimum atomic E-state index is -3.70. The van der Waals surface area contributed by atoms with E-state index in [1.165, 1.54) is 36.0 Å². The number of sulfonamides is 1. The lowest BCUT2D eigenvalue weighted by Gasteiger charge is -2.29. The second-order valence-corrected chi connectivity index (χ2v) is 9.01. The maximum Gasteiger partial charge on any atom is 0.332 e. The van der Waals surface area contributed by atoms with Crippen molar-refractivity contribution in [2.75, 3.05) is 25.5 Å². The van der Waals surface area contributed by atoms with Crippen molar-refractivity contribution < 1.29 is 23.1 Å². The summed E-state index contributed by atoms with van der Waals surface area (Å²) < 4.78 is 25.4. The first-order valence-electron chi connectivity index (χ1n) is 8.62. The lowest BCUT2D eigenvalue weighted by Crippen LogP contribution is -2.42. The van der Waals surface area contributed by atoms with Crippen LogP contribution in [-0.2, 0) is 14.8 Å². The van der Waals surface area contributed by atoms with Gasteiger partial charge in [0.05, 0.1) is 10.6 Å². The van der Waals surface area contributed by atoms with Crippen molar-refractivity contribution >= 4 is 27.6 Å². The van der Waals surface area contributed by atoms with Crippen molar-refractivity contribution in [2.24, 2.45) is 0 Å². The Morgan fingerprint density at radius 3 is 2.35 bits per heavy atom. The van der Waals surface area contributed by atoms with Crippen molar-refractivity contribution in [1.29, 1.82) is 0 Å². The SMILES string of the molecule is CN(C)S(=O)(=O)c1ccc(N2CC(=O)N(C3CCCCC3)C2=O)c(O)c1. The highest BCUT2D eigenvalue weighted by Gasteiger charge is 2.42. The van der Waals surface area contributed by atoms with Crippen molar-refractivity contribution in [3.8, 4) is 5.75 Å². The Morgan fingerprint density at radius 1 is 1.12 bits per heavy atom. The highest BCUT2D eigenvalue weighted by molar-refractivity contribution is 7.89. The molecule has 3 rings (SSSR count). The molecule has 2 aliphatic rings. The molecule has 1 aliphatic carbocycles. The van der Waals surface area contributed by atoms with Crippen molar-refractivity contribution in [3.05, 3.63) is 18.2 Å². The third-order valence-corrected chi connectivity index (χ3v) is 6.77. The first-order chi connectivity index (χ1) is 12.2. The quantitative estimate of drug-likeness (QED) is 0.801. The second-order valence-electron chi connectivity index (χ2n) is 6.86. The van der Waals surface area contributed by atoms with E-state index in [0.717, 1.165) is 42.5 Å². The number of amides is 3. The number of anilines is 1. The standard InChI is InChI=1S/C17H23N3O5S/c1-18(2)26(24,25)13-8-9-14(15(21)10-13)19-11-16(22)20(17(19)23)12-6-4-3-5-7-12/h8-10,12,21H,3-7,11H2,1-2H3. The Morgan fingerprint density at radius 2 is 1.77 bits per heavy atom. The van der Waals surface area contributed by atoms with Crippen molar-refractivity contribution in [3.63, 3.8) is 0 Å². The van der Waals surface area contributed by atoms with Gasteiger partial charge in [-0.15, -0.1) is 0 Å². The summed E-state index contributed by atoms with van der Waals surface area (Å²) in [4.78, 5) is 27.5. The van der Waals surface area contributed by atoms with Gasteiger partial charge in [-0.3, -0.25) is 14.6 Å². The van der Waals surface area contributed by atoms with Gasteiger partial charge < -0.3 is 5.11 Å². The van der Waals surface area contributed by atoms with Crippen LogP contribution in [0.25, 0.3) is 0 Å². The number of carbonyl (C=O) groups is 2. The van der Waals surface area contributed by atoms with E-state index in [2.05, 4.69) is 0 Å². The van der Waals surface area contributed by atoms with Gasteiger partial charge in [0, 0.05) is 26.2 Å². The molecule has 1 aromatic carbocycles. The van der Waals surface area contributed by atoms with E-state index >= 15 is 0 Å². The number of imide groups is 1. The molecule has 0 radical (unpaired) electrons. The molecule has 1 saturated heterocycles. The first kappa shape index (κ1) is 18.7. The summed E-state index contributed by atoms with van der Waals surface area (Å²) in [6.07, 6.45) is 4.70. The van der Waals surface area contributed by atoms with Gasteiger partial charge in [0.15, 0.2) is 0 Å². The number of rotatable bonds is 4. The van der Waals surface area contributed by atoms with Gasteiger partial charge in [-0.05, 0) is 25.0 Å². The van der Waals surface area contributed by atoms with Gasteiger partial charge in [0.1, 0.15) is 12.3 Å². The predicted molar refractivity (Wildman–Crippen MR) is 95.4 cm³/mol. The molecule has 0 aromatic heterocycles.